The van der Waals surface area contributed by atoms with Crippen LogP contribution in [-0.4, -0.2) is 30.4 Å². The summed E-state index contributed by atoms with van der Waals surface area (Å²) in [5.41, 5.74) is 8.55. The Morgan fingerprint density at radius 1 is 0.892 bits per heavy atom. The van der Waals surface area contributed by atoms with Gasteiger partial charge in [-0.2, -0.15) is 0 Å². The second kappa shape index (κ2) is 13.9. The lowest BCUT2D eigenvalue weighted by Gasteiger charge is -2.23. The number of nitrogens with two attached hydrogens (primary N) is 1. The molecule has 6 heteroatoms. The molecule has 0 radical (unpaired) electrons. The van der Waals surface area contributed by atoms with Crippen LogP contribution in [0.4, 0.5) is 5.69 Å². The predicted octanol–water partition coefficient (Wildman–Crippen LogP) is 5.06. The molecule has 2 amide bonds. The summed E-state index contributed by atoms with van der Waals surface area (Å²) >= 11 is 0. The zero-order valence-corrected chi connectivity index (χ0v) is 21.7. The van der Waals surface area contributed by atoms with Crippen molar-refractivity contribution in [2.24, 2.45) is 5.73 Å². The smallest absolute Gasteiger partial charge is 0.246 e. The zero-order valence-electron chi connectivity index (χ0n) is 21.7. The second-order valence-corrected chi connectivity index (χ2v) is 10.1. The molecule has 1 fully saturated rings. The van der Waals surface area contributed by atoms with E-state index >= 15 is 0 Å². The fourth-order valence-corrected chi connectivity index (χ4v) is 5.13. The Morgan fingerprint density at radius 3 is 2.43 bits per heavy atom. The molecule has 4 rings (SSSR count). The molecule has 1 aliphatic rings. The maximum atomic E-state index is 13.2. The van der Waals surface area contributed by atoms with E-state index in [-0.39, 0.29) is 18.2 Å². The molecule has 0 bridgehead atoms. The first kappa shape index (κ1) is 26.8. The number of anilines is 1. The van der Waals surface area contributed by atoms with Gasteiger partial charge in [0.1, 0.15) is 6.04 Å². The first-order valence-electron chi connectivity index (χ1n) is 13.7. The Bertz CT molecular complexity index is 1150. The SMILES string of the molecule is NCCCCC(NC(=O)Cc1cccc2ccccc12)C(=O)Nc1ccc(CNC2CCCCC2)cc1. The van der Waals surface area contributed by atoms with Gasteiger partial charge in [-0.15, -0.1) is 0 Å². The molecule has 6 nitrogen and oxygen atoms in total. The van der Waals surface area contributed by atoms with Gasteiger partial charge in [0, 0.05) is 18.3 Å². The van der Waals surface area contributed by atoms with Crippen molar-refractivity contribution in [1.82, 2.24) is 10.6 Å². The molecule has 3 aromatic rings. The lowest BCUT2D eigenvalue weighted by atomic mass is 9.95. The van der Waals surface area contributed by atoms with E-state index in [1.165, 1.54) is 37.7 Å². The standard InChI is InChI=1S/C31H40N4O2/c32-20-7-6-15-29(35-30(36)21-25-11-8-10-24-9-4-5-14-28(24)25)31(37)34-27-18-16-23(17-19-27)22-33-26-12-2-1-3-13-26/h4-5,8-11,14,16-19,26,29,33H,1-3,6-7,12-13,15,20-22,32H2,(H,34,37)(H,35,36). The number of benzene rings is 3. The van der Waals surface area contributed by atoms with Crippen molar-refractivity contribution in [1.29, 1.82) is 0 Å². The van der Waals surface area contributed by atoms with Crippen molar-refractivity contribution >= 4 is 28.3 Å². The number of amides is 2. The third-order valence-electron chi connectivity index (χ3n) is 7.25. The molecule has 0 heterocycles. The topological polar surface area (TPSA) is 96.2 Å². The number of carbonyl (C=O) groups is 2. The van der Waals surface area contributed by atoms with Crippen molar-refractivity contribution in [3.05, 3.63) is 77.9 Å². The monoisotopic (exact) mass is 500 g/mol. The Labute approximate surface area is 220 Å². The number of nitrogens with one attached hydrogen (secondary N) is 3. The molecular weight excluding hydrogens is 460 g/mol. The molecule has 0 aromatic heterocycles. The highest BCUT2D eigenvalue weighted by Crippen LogP contribution is 2.20. The minimum Gasteiger partial charge on any atom is -0.344 e. The van der Waals surface area contributed by atoms with Gasteiger partial charge in [0.25, 0.3) is 0 Å². The maximum Gasteiger partial charge on any atom is 0.246 e. The molecule has 1 saturated carbocycles. The average molecular weight is 501 g/mol. The van der Waals surface area contributed by atoms with E-state index in [9.17, 15) is 9.59 Å². The van der Waals surface area contributed by atoms with Gasteiger partial charge in [0.15, 0.2) is 0 Å². The van der Waals surface area contributed by atoms with Crippen LogP contribution in [0, 0.1) is 0 Å². The largest absolute Gasteiger partial charge is 0.344 e. The first-order chi connectivity index (χ1) is 18.1. The molecule has 0 spiro atoms. The van der Waals surface area contributed by atoms with Gasteiger partial charge in [-0.25, -0.2) is 0 Å². The molecule has 0 saturated heterocycles. The summed E-state index contributed by atoms with van der Waals surface area (Å²) in [6, 6.07) is 22.0. The summed E-state index contributed by atoms with van der Waals surface area (Å²) in [5, 5.41) is 11.8. The van der Waals surface area contributed by atoms with E-state index in [0.717, 1.165) is 41.4 Å². The lowest BCUT2D eigenvalue weighted by molar-refractivity contribution is -0.126. The summed E-state index contributed by atoms with van der Waals surface area (Å²) in [5.74, 6) is -0.357. The molecular formula is C31H40N4O2. The second-order valence-electron chi connectivity index (χ2n) is 10.1. The van der Waals surface area contributed by atoms with Crippen molar-refractivity contribution < 1.29 is 9.59 Å². The lowest BCUT2D eigenvalue weighted by Crippen LogP contribution is -2.44. The van der Waals surface area contributed by atoms with Gasteiger partial charge >= 0.3 is 0 Å². The van der Waals surface area contributed by atoms with Gasteiger partial charge < -0.3 is 21.7 Å². The van der Waals surface area contributed by atoms with E-state index in [1.807, 2.05) is 66.7 Å². The summed E-state index contributed by atoms with van der Waals surface area (Å²) in [4.78, 5) is 26.1. The maximum absolute atomic E-state index is 13.2. The fraction of sp³-hybridized carbons (Fsp3) is 0.419. The summed E-state index contributed by atoms with van der Waals surface area (Å²) in [6.45, 7) is 1.40. The van der Waals surface area contributed by atoms with Crippen LogP contribution in [0.1, 0.15) is 62.5 Å². The molecule has 5 N–H and O–H groups in total. The van der Waals surface area contributed by atoms with Crippen LogP contribution >= 0.6 is 0 Å². The van der Waals surface area contributed by atoms with E-state index in [1.54, 1.807) is 0 Å². The summed E-state index contributed by atoms with van der Waals surface area (Å²) < 4.78 is 0. The van der Waals surface area contributed by atoms with Crippen LogP contribution in [0.2, 0.25) is 0 Å². The first-order valence-corrected chi connectivity index (χ1v) is 13.7. The van der Waals surface area contributed by atoms with E-state index in [2.05, 4.69) is 16.0 Å². The van der Waals surface area contributed by atoms with Crippen LogP contribution in [0.3, 0.4) is 0 Å². The highest BCUT2D eigenvalue weighted by Gasteiger charge is 2.21. The molecule has 3 aromatic carbocycles. The quantitative estimate of drug-likeness (QED) is 0.262. The van der Waals surface area contributed by atoms with Gasteiger partial charge in [-0.05, 0) is 72.7 Å². The number of rotatable bonds is 12. The molecule has 196 valence electrons. The van der Waals surface area contributed by atoms with Gasteiger partial charge in [-0.3, -0.25) is 9.59 Å². The van der Waals surface area contributed by atoms with Crippen LogP contribution in [-0.2, 0) is 22.6 Å². The number of carbonyl (C=O) groups excluding carboxylic acids is 2. The van der Waals surface area contributed by atoms with Crippen molar-refractivity contribution in [2.75, 3.05) is 11.9 Å². The Morgan fingerprint density at radius 2 is 1.65 bits per heavy atom. The Kier molecular flexibility index (Phi) is 10.1. The highest BCUT2D eigenvalue weighted by molar-refractivity contribution is 5.98. The third kappa shape index (κ3) is 8.14. The van der Waals surface area contributed by atoms with Crippen molar-refractivity contribution in [3.63, 3.8) is 0 Å². The minimum atomic E-state index is -0.610. The third-order valence-corrected chi connectivity index (χ3v) is 7.25. The molecule has 1 aliphatic carbocycles. The predicted molar refractivity (Wildman–Crippen MR) is 151 cm³/mol. The number of unbranched alkanes of at least 4 members (excludes halogenated alkanes) is 1. The normalized spacial score (nSPS) is 14.8. The van der Waals surface area contributed by atoms with Crippen molar-refractivity contribution in [2.45, 2.75) is 76.4 Å². The number of fused-ring (bicyclic) bond motifs is 1. The van der Waals surface area contributed by atoms with Crippen LogP contribution in [0.15, 0.2) is 66.7 Å². The average Bonchev–Trinajstić information content (AvgIpc) is 2.93. The van der Waals surface area contributed by atoms with E-state index in [4.69, 9.17) is 5.73 Å². The van der Waals surface area contributed by atoms with Gasteiger partial charge in [0.2, 0.25) is 11.8 Å². The van der Waals surface area contributed by atoms with Crippen LogP contribution in [0.5, 0.6) is 0 Å². The van der Waals surface area contributed by atoms with Gasteiger partial charge in [0.05, 0.1) is 6.42 Å². The molecule has 1 unspecified atom stereocenters. The van der Waals surface area contributed by atoms with Crippen molar-refractivity contribution in [3.8, 4) is 0 Å². The van der Waals surface area contributed by atoms with Crippen LogP contribution in [0.25, 0.3) is 10.8 Å². The number of hydrogen-bond acceptors (Lipinski definition) is 4. The molecule has 0 aliphatic heterocycles. The van der Waals surface area contributed by atoms with Gasteiger partial charge in [-0.1, -0.05) is 73.9 Å². The Balaban J connectivity index is 1.34. The fourth-order valence-electron chi connectivity index (χ4n) is 5.13. The molecule has 1 atom stereocenters. The van der Waals surface area contributed by atoms with Crippen LogP contribution < -0.4 is 21.7 Å². The zero-order chi connectivity index (χ0) is 25.9. The van der Waals surface area contributed by atoms with E-state index in [0.29, 0.717) is 19.0 Å². The highest BCUT2D eigenvalue weighted by atomic mass is 16.2. The minimum absolute atomic E-state index is 0.159. The summed E-state index contributed by atoms with van der Waals surface area (Å²) in [7, 11) is 0. The van der Waals surface area contributed by atoms with E-state index < -0.39 is 6.04 Å². The summed E-state index contributed by atoms with van der Waals surface area (Å²) in [6.07, 6.45) is 8.85. The Hall–Kier alpha value is -3.22. The molecule has 37 heavy (non-hydrogen) atoms. The number of hydrogen-bond donors (Lipinski definition) is 4.